The van der Waals surface area contributed by atoms with E-state index in [4.69, 9.17) is 21.7 Å². The van der Waals surface area contributed by atoms with Crippen molar-refractivity contribution in [3.63, 3.8) is 0 Å². The average molecular weight is 234 g/mol. The first kappa shape index (κ1) is 14.3. The molecule has 4 nitrogen and oxygen atoms in total. The van der Waals surface area contributed by atoms with Gasteiger partial charge in [0, 0.05) is 0 Å². The van der Waals surface area contributed by atoms with Crippen LogP contribution in [0, 0.1) is 0 Å². The second-order valence-electron chi connectivity index (χ2n) is 3.74. The highest BCUT2D eigenvalue weighted by Crippen LogP contribution is 2.03. The Kier molecular flexibility index (Phi) is 6.43. The summed E-state index contributed by atoms with van der Waals surface area (Å²) in [4.78, 5) is 11.2. The first-order valence-corrected chi connectivity index (χ1v) is 5.31. The summed E-state index contributed by atoms with van der Waals surface area (Å²) in [5, 5.41) is 9.52. The molecule has 0 aliphatic heterocycles. The third kappa shape index (κ3) is 7.27. The lowest BCUT2D eigenvalue weighted by atomic mass is 10.2. The molecule has 15 heavy (non-hydrogen) atoms. The molecule has 0 aliphatic rings. The van der Waals surface area contributed by atoms with Gasteiger partial charge in [-0.05, 0) is 39.9 Å². The van der Waals surface area contributed by atoms with Crippen LogP contribution in [0.2, 0.25) is 0 Å². The standard InChI is InChI=1S/C10H18O4S/c1-6(2)13-9(12)5-8(11)10(15)14-7(3)4/h6-8,11H,5H2,1-4H3. The molecule has 88 valence electrons. The molecule has 1 N–H and O–H groups in total. The minimum absolute atomic E-state index is 0.0331. The first-order chi connectivity index (χ1) is 6.82. The molecule has 0 fully saturated rings. The SMILES string of the molecule is CC(C)OC(=O)CC(O)C(=S)OC(C)C. The van der Waals surface area contributed by atoms with Gasteiger partial charge in [0.05, 0.1) is 18.6 Å². The summed E-state index contributed by atoms with van der Waals surface area (Å²) in [6.45, 7) is 7.08. The van der Waals surface area contributed by atoms with Gasteiger partial charge in [-0.3, -0.25) is 4.79 Å². The smallest absolute Gasteiger partial charge is 0.309 e. The molecule has 0 heterocycles. The Morgan fingerprint density at radius 3 is 2.07 bits per heavy atom. The zero-order valence-corrected chi connectivity index (χ0v) is 10.3. The van der Waals surface area contributed by atoms with E-state index in [0.29, 0.717) is 0 Å². The maximum Gasteiger partial charge on any atom is 0.309 e. The highest BCUT2D eigenvalue weighted by Gasteiger charge is 2.19. The van der Waals surface area contributed by atoms with Crippen molar-refractivity contribution in [3.05, 3.63) is 0 Å². The summed E-state index contributed by atoms with van der Waals surface area (Å²) < 4.78 is 9.95. The molecular weight excluding hydrogens is 216 g/mol. The highest BCUT2D eigenvalue weighted by molar-refractivity contribution is 7.80. The number of rotatable bonds is 5. The Balaban J connectivity index is 3.96. The number of ether oxygens (including phenoxy) is 2. The number of carbonyl (C=O) groups excluding carboxylic acids is 1. The van der Waals surface area contributed by atoms with Crippen LogP contribution >= 0.6 is 12.2 Å². The molecular formula is C10H18O4S. The molecule has 0 bridgehead atoms. The van der Waals surface area contributed by atoms with Gasteiger partial charge in [0.15, 0.2) is 5.05 Å². The minimum atomic E-state index is -1.08. The van der Waals surface area contributed by atoms with Crippen LogP contribution in [-0.2, 0) is 14.3 Å². The van der Waals surface area contributed by atoms with Crippen molar-refractivity contribution >= 4 is 23.2 Å². The van der Waals surface area contributed by atoms with Crippen molar-refractivity contribution in [2.45, 2.75) is 52.4 Å². The van der Waals surface area contributed by atoms with E-state index in [1.807, 2.05) is 0 Å². The van der Waals surface area contributed by atoms with Crippen molar-refractivity contribution in [2.75, 3.05) is 0 Å². The summed E-state index contributed by atoms with van der Waals surface area (Å²) in [5.41, 5.74) is 0. The lowest BCUT2D eigenvalue weighted by Crippen LogP contribution is -2.28. The van der Waals surface area contributed by atoms with Gasteiger partial charge < -0.3 is 14.6 Å². The van der Waals surface area contributed by atoms with Gasteiger partial charge >= 0.3 is 5.97 Å². The maximum absolute atomic E-state index is 11.2. The van der Waals surface area contributed by atoms with Crippen LogP contribution < -0.4 is 0 Å². The molecule has 0 aliphatic carbocycles. The van der Waals surface area contributed by atoms with Gasteiger partial charge in [0.2, 0.25) is 0 Å². The van der Waals surface area contributed by atoms with Gasteiger partial charge in [-0.25, -0.2) is 0 Å². The lowest BCUT2D eigenvalue weighted by Gasteiger charge is -2.16. The fourth-order valence-corrected chi connectivity index (χ4v) is 1.14. The monoisotopic (exact) mass is 234 g/mol. The molecule has 0 aromatic heterocycles. The van der Waals surface area contributed by atoms with E-state index >= 15 is 0 Å². The number of aliphatic hydroxyl groups excluding tert-OH is 1. The Labute approximate surface area is 95.6 Å². The number of thiocarbonyl (C=S) groups is 1. The van der Waals surface area contributed by atoms with Gasteiger partial charge in [0.25, 0.3) is 0 Å². The molecule has 0 aromatic rings. The number of aliphatic hydroxyl groups is 1. The van der Waals surface area contributed by atoms with E-state index in [-0.39, 0.29) is 23.7 Å². The van der Waals surface area contributed by atoms with E-state index in [0.717, 1.165) is 0 Å². The molecule has 5 heteroatoms. The van der Waals surface area contributed by atoms with Crippen LogP contribution in [0.15, 0.2) is 0 Å². The van der Waals surface area contributed by atoms with E-state index < -0.39 is 12.1 Å². The van der Waals surface area contributed by atoms with E-state index in [1.165, 1.54) is 0 Å². The largest absolute Gasteiger partial charge is 0.482 e. The second-order valence-corrected chi connectivity index (χ2v) is 4.15. The van der Waals surface area contributed by atoms with Gasteiger partial charge in [0.1, 0.15) is 6.10 Å². The Morgan fingerprint density at radius 1 is 1.20 bits per heavy atom. The normalized spacial score (nSPS) is 12.7. The Morgan fingerprint density at radius 2 is 1.67 bits per heavy atom. The zero-order valence-electron chi connectivity index (χ0n) is 9.52. The first-order valence-electron chi connectivity index (χ1n) is 4.91. The van der Waals surface area contributed by atoms with Gasteiger partial charge in [-0.15, -0.1) is 0 Å². The average Bonchev–Trinajstić information content (AvgIpc) is 2.00. The van der Waals surface area contributed by atoms with Crippen molar-refractivity contribution in [3.8, 4) is 0 Å². The fourth-order valence-electron chi connectivity index (χ4n) is 0.863. The maximum atomic E-state index is 11.2. The van der Waals surface area contributed by atoms with Gasteiger partial charge in [-0.1, -0.05) is 0 Å². The molecule has 0 rings (SSSR count). The van der Waals surface area contributed by atoms with E-state index in [9.17, 15) is 9.90 Å². The number of hydrogen-bond donors (Lipinski definition) is 1. The zero-order chi connectivity index (χ0) is 12.0. The predicted molar refractivity (Wildman–Crippen MR) is 60.7 cm³/mol. The molecule has 0 amide bonds. The van der Waals surface area contributed by atoms with Gasteiger partial charge in [-0.2, -0.15) is 0 Å². The molecule has 0 saturated heterocycles. The quantitative estimate of drug-likeness (QED) is 0.576. The van der Waals surface area contributed by atoms with Crippen LogP contribution in [-0.4, -0.2) is 34.4 Å². The summed E-state index contributed by atoms with van der Waals surface area (Å²) in [6.07, 6.45) is -1.53. The lowest BCUT2D eigenvalue weighted by molar-refractivity contribution is -0.148. The van der Waals surface area contributed by atoms with Crippen LogP contribution in [0.25, 0.3) is 0 Å². The van der Waals surface area contributed by atoms with Crippen molar-refractivity contribution < 1.29 is 19.4 Å². The number of hydrogen-bond acceptors (Lipinski definition) is 5. The molecule has 1 unspecified atom stereocenters. The van der Waals surface area contributed by atoms with Crippen LogP contribution in [0.4, 0.5) is 0 Å². The summed E-state index contributed by atoms with van der Waals surface area (Å²) in [7, 11) is 0. The Hall–Kier alpha value is -0.680. The van der Waals surface area contributed by atoms with E-state index in [2.05, 4.69) is 0 Å². The third-order valence-corrected chi connectivity index (χ3v) is 1.72. The highest BCUT2D eigenvalue weighted by atomic mass is 32.1. The topological polar surface area (TPSA) is 55.8 Å². The summed E-state index contributed by atoms with van der Waals surface area (Å²) in [6, 6.07) is 0. The number of esters is 1. The Bertz CT molecular complexity index is 225. The summed E-state index contributed by atoms with van der Waals surface area (Å²) >= 11 is 4.80. The van der Waals surface area contributed by atoms with Crippen molar-refractivity contribution in [1.29, 1.82) is 0 Å². The van der Waals surface area contributed by atoms with Crippen molar-refractivity contribution in [1.82, 2.24) is 0 Å². The van der Waals surface area contributed by atoms with E-state index in [1.54, 1.807) is 27.7 Å². The molecule has 0 saturated carbocycles. The summed E-state index contributed by atoms with van der Waals surface area (Å²) in [5.74, 6) is -0.479. The number of carbonyl (C=O) groups is 1. The molecule has 0 aromatic carbocycles. The molecule has 0 spiro atoms. The second kappa shape index (κ2) is 6.74. The molecule has 0 radical (unpaired) electrons. The third-order valence-electron chi connectivity index (χ3n) is 1.35. The molecule has 1 atom stereocenters. The predicted octanol–water partition coefficient (Wildman–Crippen LogP) is 1.44. The van der Waals surface area contributed by atoms with Crippen LogP contribution in [0.1, 0.15) is 34.1 Å². The van der Waals surface area contributed by atoms with Crippen molar-refractivity contribution in [2.24, 2.45) is 0 Å². The fraction of sp³-hybridized carbons (Fsp3) is 0.800. The van der Waals surface area contributed by atoms with Crippen LogP contribution in [0.3, 0.4) is 0 Å². The van der Waals surface area contributed by atoms with Crippen LogP contribution in [0.5, 0.6) is 0 Å². The minimum Gasteiger partial charge on any atom is -0.482 e.